The lowest BCUT2D eigenvalue weighted by Crippen LogP contribution is -2.35. The largest absolute Gasteiger partial charge is 0.317 e. The molecule has 1 aromatic rings. The molecule has 1 atom stereocenters. The Labute approximate surface area is 140 Å². The minimum absolute atomic E-state index is 0.527. The molecule has 2 saturated heterocycles. The molecule has 2 aliphatic heterocycles. The Bertz CT molecular complexity index is 538. The third kappa shape index (κ3) is 4.21. The van der Waals surface area contributed by atoms with E-state index in [1.807, 2.05) is 0 Å². The van der Waals surface area contributed by atoms with Crippen LogP contribution < -0.4 is 0 Å². The molecule has 1 aromatic heterocycles. The van der Waals surface area contributed by atoms with Crippen molar-refractivity contribution in [1.29, 1.82) is 0 Å². The summed E-state index contributed by atoms with van der Waals surface area (Å²) >= 11 is 0. The predicted octanol–water partition coefficient (Wildman–Crippen LogP) is 2.56. The van der Waals surface area contributed by atoms with Gasteiger partial charge in [-0.05, 0) is 59.2 Å². The van der Waals surface area contributed by atoms with Crippen LogP contribution in [0, 0.1) is 0 Å². The van der Waals surface area contributed by atoms with E-state index in [0.717, 1.165) is 25.5 Å². The van der Waals surface area contributed by atoms with Gasteiger partial charge in [-0.3, -0.25) is 9.80 Å². The topological polar surface area (TPSA) is 37.2 Å². The van der Waals surface area contributed by atoms with Crippen LogP contribution in [0.4, 0.5) is 0 Å². The third-order valence-corrected chi connectivity index (χ3v) is 5.19. The van der Waals surface area contributed by atoms with Crippen LogP contribution >= 0.6 is 0 Å². The van der Waals surface area contributed by atoms with Crippen LogP contribution in [0.15, 0.2) is 11.6 Å². The summed E-state index contributed by atoms with van der Waals surface area (Å²) in [4.78, 5) is 5.05. The quantitative estimate of drug-likeness (QED) is 0.782. The molecule has 0 radical (unpaired) electrons. The first-order valence-electron chi connectivity index (χ1n) is 9.09. The molecule has 5 nitrogen and oxygen atoms in total. The normalized spacial score (nSPS) is 23.3. The van der Waals surface area contributed by atoms with Crippen molar-refractivity contribution in [2.24, 2.45) is 7.05 Å². The van der Waals surface area contributed by atoms with Gasteiger partial charge in [0.2, 0.25) is 0 Å². The molecule has 0 amide bonds. The van der Waals surface area contributed by atoms with Gasteiger partial charge in [-0.2, -0.15) is 0 Å². The van der Waals surface area contributed by atoms with Crippen molar-refractivity contribution in [2.45, 2.75) is 52.0 Å². The van der Waals surface area contributed by atoms with Crippen molar-refractivity contribution in [1.82, 2.24) is 24.6 Å². The molecule has 3 rings (SSSR count). The van der Waals surface area contributed by atoms with Crippen molar-refractivity contribution < 1.29 is 0 Å². The van der Waals surface area contributed by atoms with Crippen LogP contribution in [0.25, 0.3) is 0 Å². The zero-order valence-electron chi connectivity index (χ0n) is 15.0. The highest BCUT2D eigenvalue weighted by atomic mass is 15.3. The van der Waals surface area contributed by atoms with Crippen molar-refractivity contribution in [2.75, 3.05) is 32.7 Å². The second-order valence-corrected chi connectivity index (χ2v) is 7.40. The van der Waals surface area contributed by atoms with Gasteiger partial charge in [0.25, 0.3) is 0 Å². The van der Waals surface area contributed by atoms with Crippen molar-refractivity contribution >= 4 is 0 Å². The van der Waals surface area contributed by atoms with Crippen molar-refractivity contribution in [3.8, 4) is 0 Å². The molecule has 23 heavy (non-hydrogen) atoms. The Morgan fingerprint density at radius 3 is 2.57 bits per heavy atom. The smallest absolute Gasteiger partial charge is 0.146 e. The van der Waals surface area contributed by atoms with E-state index in [0.29, 0.717) is 5.92 Å². The van der Waals surface area contributed by atoms with E-state index < -0.39 is 0 Å². The summed E-state index contributed by atoms with van der Waals surface area (Å²) in [6, 6.07) is 0. The van der Waals surface area contributed by atoms with Gasteiger partial charge in [0.15, 0.2) is 0 Å². The van der Waals surface area contributed by atoms with Gasteiger partial charge in [0.05, 0.1) is 6.54 Å². The summed E-state index contributed by atoms with van der Waals surface area (Å²) in [6.07, 6.45) is 7.48. The standard InChI is InChI=1S/C18H31N5/c1-15(2)8-12-23-11-6-7-16(13-23)18-20-19-17(21(18)3)14-22-9-4-5-10-22/h8,16H,4-7,9-14H2,1-3H3/t16-/m0/s1. The molecule has 2 fully saturated rings. The average molecular weight is 317 g/mol. The van der Waals surface area contributed by atoms with Gasteiger partial charge in [-0.1, -0.05) is 11.6 Å². The number of nitrogens with zero attached hydrogens (tertiary/aromatic N) is 5. The molecule has 0 unspecified atom stereocenters. The van der Waals surface area contributed by atoms with Crippen molar-refractivity contribution in [3.05, 3.63) is 23.3 Å². The maximum absolute atomic E-state index is 4.56. The zero-order valence-corrected chi connectivity index (χ0v) is 15.0. The lowest BCUT2D eigenvalue weighted by molar-refractivity contribution is 0.221. The van der Waals surface area contributed by atoms with E-state index in [-0.39, 0.29) is 0 Å². The molecule has 2 aliphatic rings. The second kappa shape index (κ2) is 7.58. The van der Waals surface area contributed by atoms with Crippen molar-refractivity contribution in [3.63, 3.8) is 0 Å². The fourth-order valence-electron chi connectivity index (χ4n) is 3.75. The molecule has 0 saturated carbocycles. The SMILES string of the molecule is CC(C)=CCN1CCC[C@H](c2nnc(CN3CCCC3)n2C)C1. The first-order valence-corrected chi connectivity index (χ1v) is 9.09. The molecule has 3 heterocycles. The summed E-state index contributed by atoms with van der Waals surface area (Å²) in [5.41, 5.74) is 1.40. The van der Waals surface area contributed by atoms with Crippen LogP contribution in [-0.4, -0.2) is 57.3 Å². The minimum atomic E-state index is 0.527. The fourth-order valence-corrected chi connectivity index (χ4v) is 3.75. The van der Waals surface area contributed by atoms with Gasteiger partial charge in [-0.25, -0.2) is 0 Å². The van der Waals surface area contributed by atoms with Crippen LogP contribution in [0.1, 0.15) is 57.1 Å². The maximum Gasteiger partial charge on any atom is 0.146 e. The number of rotatable bonds is 5. The van der Waals surface area contributed by atoms with E-state index in [9.17, 15) is 0 Å². The molecule has 5 heteroatoms. The zero-order chi connectivity index (χ0) is 16.2. The highest BCUT2D eigenvalue weighted by Gasteiger charge is 2.26. The molecule has 0 aliphatic carbocycles. The summed E-state index contributed by atoms with van der Waals surface area (Å²) < 4.78 is 2.26. The Morgan fingerprint density at radius 1 is 1.09 bits per heavy atom. The molecule has 0 N–H and O–H groups in total. The Kier molecular flexibility index (Phi) is 5.49. The number of aromatic nitrogens is 3. The van der Waals surface area contributed by atoms with Gasteiger partial charge in [0, 0.05) is 26.1 Å². The van der Waals surface area contributed by atoms with E-state index in [1.54, 1.807) is 0 Å². The molecule has 0 bridgehead atoms. The van der Waals surface area contributed by atoms with E-state index in [4.69, 9.17) is 0 Å². The predicted molar refractivity (Wildman–Crippen MR) is 93.4 cm³/mol. The van der Waals surface area contributed by atoms with E-state index >= 15 is 0 Å². The fraction of sp³-hybridized carbons (Fsp3) is 0.778. The lowest BCUT2D eigenvalue weighted by Gasteiger charge is -2.31. The van der Waals surface area contributed by atoms with Crippen LogP contribution in [0.2, 0.25) is 0 Å². The monoisotopic (exact) mass is 317 g/mol. The number of hydrogen-bond acceptors (Lipinski definition) is 4. The number of piperidine rings is 1. The minimum Gasteiger partial charge on any atom is -0.317 e. The van der Waals surface area contributed by atoms with Crippen LogP contribution in [0.3, 0.4) is 0 Å². The Hall–Kier alpha value is -1.20. The molecule has 0 aromatic carbocycles. The summed E-state index contributed by atoms with van der Waals surface area (Å²) in [7, 11) is 2.15. The van der Waals surface area contributed by atoms with Gasteiger partial charge in [-0.15, -0.1) is 10.2 Å². The summed E-state index contributed by atoms with van der Waals surface area (Å²) in [5.74, 6) is 2.84. The highest BCUT2D eigenvalue weighted by molar-refractivity contribution is 5.05. The number of allylic oxidation sites excluding steroid dienone is 1. The maximum atomic E-state index is 4.56. The second-order valence-electron chi connectivity index (χ2n) is 7.40. The molecule has 0 spiro atoms. The first kappa shape index (κ1) is 16.7. The van der Waals surface area contributed by atoms with Gasteiger partial charge < -0.3 is 4.57 Å². The van der Waals surface area contributed by atoms with E-state index in [2.05, 4.69) is 51.5 Å². The summed E-state index contributed by atoms with van der Waals surface area (Å²) in [6.45, 7) is 11.1. The lowest BCUT2D eigenvalue weighted by atomic mass is 9.97. The Balaban J connectivity index is 1.64. The molecule has 128 valence electrons. The molecular weight excluding hydrogens is 286 g/mol. The Morgan fingerprint density at radius 2 is 1.83 bits per heavy atom. The third-order valence-electron chi connectivity index (χ3n) is 5.19. The van der Waals surface area contributed by atoms with E-state index in [1.165, 1.54) is 56.7 Å². The highest BCUT2D eigenvalue weighted by Crippen LogP contribution is 2.26. The van der Waals surface area contributed by atoms with Gasteiger partial charge in [0.1, 0.15) is 11.6 Å². The number of likely N-dealkylation sites (tertiary alicyclic amines) is 2. The average Bonchev–Trinajstić information content (AvgIpc) is 3.17. The summed E-state index contributed by atoms with van der Waals surface area (Å²) in [5, 5.41) is 9.05. The number of hydrogen-bond donors (Lipinski definition) is 0. The van der Waals surface area contributed by atoms with Gasteiger partial charge >= 0.3 is 0 Å². The molecular formula is C18H31N5. The van der Waals surface area contributed by atoms with Crippen LogP contribution in [0.5, 0.6) is 0 Å². The van der Waals surface area contributed by atoms with Crippen LogP contribution in [-0.2, 0) is 13.6 Å². The first-order chi connectivity index (χ1) is 11.1.